The highest BCUT2D eigenvalue weighted by atomic mass is 79.9. The van der Waals surface area contributed by atoms with Gasteiger partial charge in [-0.05, 0) is 108 Å². The first-order valence-electron chi connectivity index (χ1n) is 9.99. The van der Waals surface area contributed by atoms with Gasteiger partial charge in [-0.25, -0.2) is 0 Å². The largest absolute Gasteiger partial charge is 0.542 e. The molecule has 0 N–H and O–H groups in total. The summed E-state index contributed by atoms with van der Waals surface area (Å²) in [5.74, 6) is 4.07. The maximum absolute atomic E-state index is 6.46. The van der Waals surface area contributed by atoms with Crippen LogP contribution < -0.4 is 4.43 Å². The minimum absolute atomic E-state index is 0.106. The van der Waals surface area contributed by atoms with Crippen molar-refractivity contribution in [2.24, 2.45) is 17.8 Å². The average Bonchev–Trinajstić information content (AvgIpc) is 2.46. The Hall–Kier alpha value is -0.283. The highest BCUT2D eigenvalue weighted by Gasteiger charge is 2.53. The van der Waals surface area contributed by atoms with Crippen molar-refractivity contribution in [3.8, 4) is 5.75 Å². The molecule has 1 radical (unpaired) electrons. The quantitative estimate of drug-likeness (QED) is 0.486. The van der Waals surface area contributed by atoms with Gasteiger partial charge in [0.15, 0.2) is 0 Å². The van der Waals surface area contributed by atoms with Crippen molar-refractivity contribution >= 4 is 25.0 Å². The fourth-order valence-electron chi connectivity index (χ4n) is 6.49. The number of rotatable bonds is 3. The van der Waals surface area contributed by atoms with E-state index in [1.54, 1.807) is 5.56 Å². The van der Waals surface area contributed by atoms with Crippen LogP contribution in [0.25, 0.3) is 0 Å². The fourth-order valence-corrected chi connectivity index (χ4v) is 7.67. The van der Waals surface area contributed by atoms with E-state index in [4.69, 9.17) is 4.43 Å². The molecule has 137 valence electrons. The summed E-state index contributed by atoms with van der Waals surface area (Å²) >= 11 is 3.80. The molecular formula is C22H32BrOSi. The van der Waals surface area contributed by atoms with Crippen LogP contribution in [0.1, 0.15) is 70.4 Å². The Balaban J connectivity index is 1.87. The minimum atomic E-state index is -0.792. The van der Waals surface area contributed by atoms with Crippen molar-refractivity contribution < 1.29 is 4.43 Å². The van der Waals surface area contributed by atoms with Crippen LogP contribution in [-0.4, -0.2) is 9.04 Å². The summed E-state index contributed by atoms with van der Waals surface area (Å²) < 4.78 is 7.60. The smallest absolute Gasteiger partial charge is 0.274 e. The highest BCUT2D eigenvalue weighted by Crippen LogP contribution is 2.62. The lowest BCUT2D eigenvalue weighted by Gasteiger charge is -2.58. The molecule has 1 nitrogen and oxygen atoms in total. The maximum atomic E-state index is 6.46. The van der Waals surface area contributed by atoms with Crippen LogP contribution in [0.4, 0.5) is 0 Å². The molecule has 0 aromatic heterocycles. The van der Waals surface area contributed by atoms with E-state index < -0.39 is 9.04 Å². The van der Waals surface area contributed by atoms with E-state index in [0.717, 1.165) is 28.0 Å². The molecule has 25 heavy (non-hydrogen) atoms. The fraction of sp³-hybridized carbons (Fsp3) is 0.727. The maximum Gasteiger partial charge on any atom is 0.274 e. The molecule has 0 unspecified atom stereocenters. The molecule has 1 aromatic rings. The van der Waals surface area contributed by atoms with Crippen molar-refractivity contribution in [2.75, 3.05) is 0 Å². The molecule has 4 bridgehead atoms. The summed E-state index contributed by atoms with van der Waals surface area (Å²) in [6.07, 6.45) is 8.75. The van der Waals surface area contributed by atoms with Crippen molar-refractivity contribution in [2.45, 2.75) is 83.2 Å². The highest BCUT2D eigenvalue weighted by molar-refractivity contribution is 9.10. The lowest BCUT2D eigenvalue weighted by atomic mass is 9.47. The van der Waals surface area contributed by atoms with Gasteiger partial charge in [0.2, 0.25) is 0 Å². The van der Waals surface area contributed by atoms with Crippen LogP contribution >= 0.6 is 15.9 Å². The van der Waals surface area contributed by atoms with Gasteiger partial charge in [0.05, 0.1) is 4.47 Å². The number of hydrogen-bond donors (Lipinski definition) is 0. The van der Waals surface area contributed by atoms with Gasteiger partial charge in [-0.2, -0.15) is 0 Å². The molecule has 5 rings (SSSR count). The van der Waals surface area contributed by atoms with E-state index in [1.165, 1.54) is 44.1 Å². The summed E-state index contributed by atoms with van der Waals surface area (Å²) in [5.41, 5.74) is 3.63. The molecule has 0 heterocycles. The molecule has 0 amide bonds. The standard InChI is InChI=1S/C22H32BrOSi/c1-21(2,3)19-17(6-7-18(23)20(19)24-25(4)5)22-11-14-8-15(12-22)10-16(9-14)13-22/h6-7,14-16H,8-13H2,1-5H3. The second-order valence-electron chi connectivity index (χ2n) is 10.3. The molecule has 0 spiro atoms. The van der Waals surface area contributed by atoms with Crippen LogP contribution in [0.15, 0.2) is 16.6 Å². The number of hydrogen-bond acceptors (Lipinski definition) is 1. The zero-order chi connectivity index (χ0) is 18.0. The molecule has 0 saturated heterocycles. The van der Waals surface area contributed by atoms with Gasteiger partial charge in [0.25, 0.3) is 9.04 Å². The van der Waals surface area contributed by atoms with Crippen LogP contribution in [0, 0.1) is 17.8 Å². The molecular weight excluding hydrogens is 388 g/mol. The van der Waals surface area contributed by atoms with Crippen molar-refractivity contribution in [3.63, 3.8) is 0 Å². The summed E-state index contributed by atoms with van der Waals surface area (Å²) in [7, 11) is -0.792. The number of benzene rings is 1. The third-order valence-corrected chi connectivity index (χ3v) is 8.01. The monoisotopic (exact) mass is 419 g/mol. The van der Waals surface area contributed by atoms with Gasteiger partial charge >= 0.3 is 0 Å². The Morgan fingerprint density at radius 3 is 1.96 bits per heavy atom. The zero-order valence-corrected chi connectivity index (χ0v) is 19.0. The second-order valence-corrected chi connectivity index (χ2v) is 13.1. The summed E-state index contributed by atoms with van der Waals surface area (Å²) in [6, 6.07) is 4.71. The first kappa shape index (κ1) is 18.1. The molecule has 0 aliphatic heterocycles. The van der Waals surface area contributed by atoms with E-state index in [9.17, 15) is 0 Å². The molecule has 3 heteroatoms. The van der Waals surface area contributed by atoms with Crippen molar-refractivity contribution in [3.05, 3.63) is 27.7 Å². The Kier molecular flexibility index (Phi) is 4.43. The van der Waals surface area contributed by atoms with Gasteiger partial charge < -0.3 is 4.43 Å². The minimum Gasteiger partial charge on any atom is -0.542 e. The average molecular weight is 420 g/mol. The zero-order valence-electron chi connectivity index (χ0n) is 16.4. The van der Waals surface area contributed by atoms with E-state index >= 15 is 0 Å². The van der Waals surface area contributed by atoms with E-state index in [1.807, 2.05) is 0 Å². The van der Waals surface area contributed by atoms with E-state index in [0.29, 0.717) is 5.41 Å². The Morgan fingerprint density at radius 1 is 1.00 bits per heavy atom. The van der Waals surface area contributed by atoms with Crippen LogP contribution in [0.2, 0.25) is 13.1 Å². The second kappa shape index (κ2) is 6.12. The summed E-state index contributed by atoms with van der Waals surface area (Å²) in [6.45, 7) is 11.6. The predicted octanol–water partition coefficient (Wildman–Crippen LogP) is 6.84. The lowest BCUT2D eigenvalue weighted by Crippen LogP contribution is -2.49. The van der Waals surface area contributed by atoms with Crippen LogP contribution in [-0.2, 0) is 10.8 Å². The van der Waals surface area contributed by atoms with Crippen LogP contribution in [0.3, 0.4) is 0 Å². The molecule has 4 saturated carbocycles. The molecule has 4 aliphatic carbocycles. The van der Waals surface area contributed by atoms with Gasteiger partial charge in [0.1, 0.15) is 5.75 Å². The van der Waals surface area contributed by atoms with Gasteiger partial charge in [-0.3, -0.25) is 0 Å². The Labute approximate surface area is 163 Å². The molecule has 0 atom stereocenters. The Morgan fingerprint density at radius 2 is 1.52 bits per heavy atom. The normalized spacial score (nSPS) is 34.0. The topological polar surface area (TPSA) is 9.23 Å². The lowest BCUT2D eigenvalue weighted by molar-refractivity contribution is -0.00602. The van der Waals surface area contributed by atoms with Gasteiger partial charge in [0, 0.05) is 5.56 Å². The predicted molar refractivity (Wildman–Crippen MR) is 111 cm³/mol. The van der Waals surface area contributed by atoms with Crippen LogP contribution in [0.5, 0.6) is 5.75 Å². The van der Waals surface area contributed by atoms with E-state index in [2.05, 4.69) is 61.9 Å². The van der Waals surface area contributed by atoms with Gasteiger partial charge in [-0.15, -0.1) is 0 Å². The molecule has 4 aliphatic rings. The summed E-state index contributed by atoms with van der Waals surface area (Å²) in [4.78, 5) is 0. The van der Waals surface area contributed by atoms with Crippen molar-refractivity contribution in [1.29, 1.82) is 0 Å². The molecule has 4 fully saturated rings. The SMILES string of the molecule is C[Si](C)Oc1c(Br)ccc(C23CC4CC(CC(C4)C2)C3)c1C(C)(C)C. The van der Waals surface area contributed by atoms with Gasteiger partial charge in [-0.1, -0.05) is 26.8 Å². The van der Waals surface area contributed by atoms with E-state index in [-0.39, 0.29) is 5.41 Å². The Bertz CT molecular complexity index is 638. The number of halogens is 1. The molecule has 1 aromatic carbocycles. The van der Waals surface area contributed by atoms with Crippen molar-refractivity contribution in [1.82, 2.24) is 0 Å². The first-order valence-corrected chi connectivity index (χ1v) is 13.2. The summed E-state index contributed by atoms with van der Waals surface area (Å²) in [5, 5.41) is 0. The third kappa shape index (κ3) is 3.14. The first-order chi connectivity index (χ1) is 11.7. The third-order valence-electron chi connectivity index (χ3n) is 6.78.